The first kappa shape index (κ1) is 21.4. The summed E-state index contributed by atoms with van der Waals surface area (Å²) in [5.41, 5.74) is 1.95. The summed E-state index contributed by atoms with van der Waals surface area (Å²) in [5.74, 6) is 0.379. The molecule has 0 bridgehead atoms. The number of carbonyl (C=O) groups excluding carboxylic acids is 2. The Hall–Kier alpha value is -2.86. The van der Waals surface area contributed by atoms with Gasteiger partial charge in [-0.05, 0) is 69.1 Å². The number of esters is 1. The summed E-state index contributed by atoms with van der Waals surface area (Å²) in [7, 11) is 1.37. The molecule has 0 aliphatic carbocycles. The highest BCUT2D eigenvalue weighted by Gasteiger charge is 2.31. The van der Waals surface area contributed by atoms with Crippen LogP contribution in [0.2, 0.25) is 0 Å². The highest BCUT2D eigenvalue weighted by molar-refractivity contribution is 5.94. The zero-order chi connectivity index (χ0) is 21.6. The summed E-state index contributed by atoms with van der Waals surface area (Å²) < 4.78 is 10.7. The van der Waals surface area contributed by atoms with Crippen molar-refractivity contribution in [2.45, 2.75) is 38.3 Å². The van der Waals surface area contributed by atoms with Crippen molar-refractivity contribution in [1.29, 1.82) is 0 Å². The van der Waals surface area contributed by atoms with E-state index in [1.54, 1.807) is 12.1 Å². The van der Waals surface area contributed by atoms with E-state index in [1.165, 1.54) is 20.0 Å². The Morgan fingerprint density at radius 3 is 2.45 bits per heavy atom. The van der Waals surface area contributed by atoms with Crippen molar-refractivity contribution in [2.24, 2.45) is 0 Å². The van der Waals surface area contributed by atoms with Gasteiger partial charge in [-0.3, -0.25) is 4.79 Å². The van der Waals surface area contributed by atoms with Gasteiger partial charge in [-0.1, -0.05) is 18.2 Å². The standard InChI is InChI=1S/C25H30N2O4/c1-30-25(29)23-9-3-2-7-20(23)18-31-22-12-10-19(11-13-22)24(28)27-16-6-8-21(27)17-26-14-4-5-15-26/h2-3,7,9-13,21H,4-6,8,14-18H2,1H3. The van der Waals surface area contributed by atoms with Gasteiger partial charge in [-0.15, -0.1) is 0 Å². The number of amides is 1. The highest BCUT2D eigenvalue weighted by atomic mass is 16.5. The van der Waals surface area contributed by atoms with Crippen LogP contribution in [-0.4, -0.2) is 61.0 Å². The largest absolute Gasteiger partial charge is 0.489 e. The zero-order valence-electron chi connectivity index (χ0n) is 18.1. The first-order valence-corrected chi connectivity index (χ1v) is 11.1. The van der Waals surface area contributed by atoms with Crippen molar-refractivity contribution >= 4 is 11.9 Å². The predicted molar refractivity (Wildman–Crippen MR) is 118 cm³/mol. The van der Waals surface area contributed by atoms with Crippen LogP contribution >= 0.6 is 0 Å². The SMILES string of the molecule is COC(=O)c1ccccc1COc1ccc(C(=O)N2CCCC2CN2CCCC2)cc1. The van der Waals surface area contributed by atoms with Crippen molar-refractivity contribution < 1.29 is 19.1 Å². The molecule has 1 atom stereocenters. The van der Waals surface area contributed by atoms with Crippen molar-refractivity contribution in [3.63, 3.8) is 0 Å². The van der Waals surface area contributed by atoms with Crippen LogP contribution in [0.3, 0.4) is 0 Å². The van der Waals surface area contributed by atoms with E-state index in [2.05, 4.69) is 4.90 Å². The van der Waals surface area contributed by atoms with E-state index in [-0.39, 0.29) is 18.5 Å². The molecule has 1 amide bonds. The maximum atomic E-state index is 13.1. The second-order valence-electron chi connectivity index (χ2n) is 8.26. The van der Waals surface area contributed by atoms with E-state index in [9.17, 15) is 9.59 Å². The molecule has 6 nitrogen and oxygen atoms in total. The molecule has 0 aromatic heterocycles. The van der Waals surface area contributed by atoms with Crippen molar-refractivity contribution in [1.82, 2.24) is 9.80 Å². The molecule has 2 aliphatic rings. The van der Waals surface area contributed by atoms with Crippen LogP contribution in [0, 0.1) is 0 Å². The molecule has 2 aromatic rings. The van der Waals surface area contributed by atoms with E-state index in [1.807, 2.05) is 41.3 Å². The van der Waals surface area contributed by atoms with Crippen LogP contribution in [0.4, 0.5) is 0 Å². The molecule has 2 aromatic carbocycles. The Morgan fingerprint density at radius 2 is 1.71 bits per heavy atom. The number of methoxy groups -OCH3 is 1. The lowest BCUT2D eigenvalue weighted by molar-refractivity contribution is 0.0597. The Bertz CT molecular complexity index is 906. The number of nitrogens with zero attached hydrogens (tertiary/aromatic N) is 2. The lowest BCUT2D eigenvalue weighted by Gasteiger charge is -2.28. The Kier molecular flexibility index (Phi) is 6.87. The van der Waals surface area contributed by atoms with Crippen LogP contribution < -0.4 is 4.74 Å². The Morgan fingerprint density at radius 1 is 0.968 bits per heavy atom. The zero-order valence-corrected chi connectivity index (χ0v) is 18.1. The molecule has 0 N–H and O–H groups in total. The molecular weight excluding hydrogens is 392 g/mol. The average Bonchev–Trinajstić information content (AvgIpc) is 3.50. The molecule has 31 heavy (non-hydrogen) atoms. The van der Waals surface area contributed by atoms with Gasteiger partial charge in [-0.2, -0.15) is 0 Å². The molecule has 6 heteroatoms. The number of rotatable bonds is 7. The molecule has 1 unspecified atom stereocenters. The fourth-order valence-electron chi connectivity index (χ4n) is 4.53. The number of carbonyl (C=O) groups is 2. The van der Waals surface area contributed by atoms with Crippen LogP contribution in [0.25, 0.3) is 0 Å². The number of benzene rings is 2. The highest BCUT2D eigenvalue weighted by Crippen LogP contribution is 2.24. The van der Waals surface area contributed by atoms with Gasteiger partial charge in [0.2, 0.25) is 0 Å². The Labute approximate surface area is 183 Å². The first-order valence-electron chi connectivity index (χ1n) is 11.1. The third kappa shape index (κ3) is 5.07. The third-order valence-corrected chi connectivity index (χ3v) is 6.22. The van der Waals surface area contributed by atoms with Gasteiger partial charge in [0.15, 0.2) is 0 Å². The van der Waals surface area contributed by atoms with Crippen molar-refractivity contribution in [3.05, 3.63) is 65.2 Å². The minimum Gasteiger partial charge on any atom is -0.489 e. The van der Waals surface area contributed by atoms with Crippen LogP contribution in [0.1, 0.15) is 52.0 Å². The number of hydrogen-bond donors (Lipinski definition) is 0. The van der Waals surface area contributed by atoms with Crippen LogP contribution in [-0.2, 0) is 11.3 Å². The molecule has 2 fully saturated rings. The molecule has 2 saturated heterocycles. The second-order valence-corrected chi connectivity index (χ2v) is 8.26. The molecule has 0 spiro atoms. The molecule has 2 aliphatic heterocycles. The maximum Gasteiger partial charge on any atom is 0.338 e. The number of ether oxygens (including phenoxy) is 2. The summed E-state index contributed by atoms with van der Waals surface area (Å²) in [4.78, 5) is 29.5. The summed E-state index contributed by atoms with van der Waals surface area (Å²) >= 11 is 0. The van der Waals surface area contributed by atoms with E-state index < -0.39 is 0 Å². The molecule has 164 valence electrons. The minimum absolute atomic E-state index is 0.101. The lowest BCUT2D eigenvalue weighted by Crippen LogP contribution is -2.42. The fraction of sp³-hybridized carbons (Fsp3) is 0.440. The predicted octanol–water partition coefficient (Wildman–Crippen LogP) is 3.75. The van der Waals surface area contributed by atoms with Gasteiger partial charge < -0.3 is 19.3 Å². The van der Waals surface area contributed by atoms with Gasteiger partial charge in [0.25, 0.3) is 5.91 Å². The summed E-state index contributed by atoms with van der Waals surface area (Å²) in [5, 5.41) is 0. The molecule has 0 radical (unpaired) electrons. The Balaban J connectivity index is 1.37. The van der Waals surface area contributed by atoms with Crippen LogP contribution in [0.15, 0.2) is 48.5 Å². The average molecular weight is 423 g/mol. The van der Waals surface area contributed by atoms with Crippen molar-refractivity contribution in [2.75, 3.05) is 33.3 Å². The number of hydrogen-bond acceptors (Lipinski definition) is 5. The minimum atomic E-state index is -0.380. The molecule has 4 rings (SSSR count). The quantitative estimate of drug-likeness (QED) is 0.636. The monoisotopic (exact) mass is 422 g/mol. The third-order valence-electron chi connectivity index (χ3n) is 6.22. The van der Waals surface area contributed by atoms with Gasteiger partial charge in [0.1, 0.15) is 12.4 Å². The molecular formula is C25H30N2O4. The summed E-state index contributed by atoms with van der Waals surface area (Å²) in [6.45, 7) is 4.39. The summed E-state index contributed by atoms with van der Waals surface area (Å²) in [6.07, 6.45) is 4.70. The lowest BCUT2D eigenvalue weighted by atomic mass is 10.1. The van der Waals surface area contributed by atoms with E-state index >= 15 is 0 Å². The number of likely N-dealkylation sites (tertiary alicyclic amines) is 2. The molecule has 2 heterocycles. The van der Waals surface area contributed by atoms with Gasteiger partial charge in [0.05, 0.1) is 12.7 Å². The van der Waals surface area contributed by atoms with E-state index in [0.29, 0.717) is 22.9 Å². The first-order chi connectivity index (χ1) is 15.2. The smallest absolute Gasteiger partial charge is 0.338 e. The van der Waals surface area contributed by atoms with Crippen LogP contribution in [0.5, 0.6) is 5.75 Å². The summed E-state index contributed by atoms with van der Waals surface area (Å²) in [6, 6.07) is 14.8. The second kappa shape index (κ2) is 9.96. The van der Waals surface area contributed by atoms with E-state index in [4.69, 9.17) is 9.47 Å². The molecule has 0 saturated carbocycles. The maximum absolute atomic E-state index is 13.1. The van der Waals surface area contributed by atoms with Gasteiger partial charge >= 0.3 is 5.97 Å². The van der Waals surface area contributed by atoms with Gasteiger partial charge in [0, 0.05) is 30.3 Å². The van der Waals surface area contributed by atoms with E-state index in [0.717, 1.165) is 44.6 Å². The van der Waals surface area contributed by atoms with Crippen molar-refractivity contribution in [3.8, 4) is 5.75 Å². The van der Waals surface area contributed by atoms with Gasteiger partial charge in [-0.25, -0.2) is 4.79 Å². The normalized spacial score (nSPS) is 18.9. The topological polar surface area (TPSA) is 59.1 Å². The fourth-order valence-corrected chi connectivity index (χ4v) is 4.53.